The molecule has 1 fully saturated rings. The largest absolute Gasteiger partial charge is 0.467 e. The standard InChI is InChI=1S/C22H31N3O3/c1-3-12-24(22(27)18-8-4-5-9-18)17-21(26)25(16-20-11-7-14-28-20)15-19-10-6-13-23(19)2/h6-7,10-11,13-14,18H,3-5,8-9,12,15-17H2,1-2H3. The molecule has 1 aliphatic rings. The van der Waals surface area contributed by atoms with Crippen molar-refractivity contribution in [2.75, 3.05) is 13.1 Å². The lowest BCUT2D eigenvalue weighted by atomic mass is 10.1. The molecule has 28 heavy (non-hydrogen) atoms. The molecule has 0 unspecified atom stereocenters. The summed E-state index contributed by atoms with van der Waals surface area (Å²) in [6.45, 7) is 3.69. The summed E-state index contributed by atoms with van der Waals surface area (Å²) in [6.07, 6.45) is 8.57. The average Bonchev–Trinajstić information content (AvgIpc) is 3.44. The van der Waals surface area contributed by atoms with Gasteiger partial charge in [-0.25, -0.2) is 0 Å². The minimum Gasteiger partial charge on any atom is -0.467 e. The van der Waals surface area contributed by atoms with E-state index >= 15 is 0 Å². The van der Waals surface area contributed by atoms with Crippen LogP contribution in [-0.4, -0.2) is 39.3 Å². The van der Waals surface area contributed by atoms with Crippen molar-refractivity contribution in [2.45, 2.75) is 52.1 Å². The van der Waals surface area contributed by atoms with Crippen LogP contribution in [0.4, 0.5) is 0 Å². The molecule has 0 atom stereocenters. The normalized spacial score (nSPS) is 14.4. The van der Waals surface area contributed by atoms with Crippen LogP contribution in [0.3, 0.4) is 0 Å². The second-order valence-electron chi connectivity index (χ2n) is 7.68. The Bertz CT molecular complexity index is 760. The van der Waals surface area contributed by atoms with Gasteiger partial charge in [-0.2, -0.15) is 0 Å². The van der Waals surface area contributed by atoms with E-state index in [1.165, 1.54) is 0 Å². The summed E-state index contributed by atoms with van der Waals surface area (Å²) in [5.41, 5.74) is 1.05. The molecule has 1 saturated carbocycles. The van der Waals surface area contributed by atoms with Gasteiger partial charge in [-0.1, -0.05) is 19.8 Å². The van der Waals surface area contributed by atoms with E-state index in [4.69, 9.17) is 4.42 Å². The summed E-state index contributed by atoms with van der Waals surface area (Å²) in [5, 5.41) is 0. The van der Waals surface area contributed by atoms with Crippen LogP contribution in [0.5, 0.6) is 0 Å². The van der Waals surface area contributed by atoms with Crippen molar-refractivity contribution in [2.24, 2.45) is 13.0 Å². The number of aromatic nitrogens is 1. The maximum atomic E-state index is 13.2. The van der Waals surface area contributed by atoms with Crippen molar-refractivity contribution in [3.8, 4) is 0 Å². The number of rotatable bonds is 9. The van der Waals surface area contributed by atoms with E-state index in [0.717, 1.165) is 43.6 Å². The highest BCUT2D eigenvalue weighted by Gasteiger charge is 2.29. The summed E-state index contributed by atoms with van der Waals surface area (Å²) in [6, 6.07) is 7.68. The molecule has 0 spiro atoms. The van der Waals surface area contributed by atoms with Crippen molar-refractivity contribution in [3.63, 3.8) is 0 Å². The summed E-state index contributed by atoms with van der Waals surface area (Å²) < 4.78 is 7.47. The molecule has 0 aromatic carbocycles. The summed E-state index contributed by atoms with van der Waals surface area (Å²) in [7, 11) is 1.97. The number of aryl methyl sites for hydroxylation is 1. The first-order chi connectivity index (χ1) is 13.6. The van der Waals surface area contributed by atoms with Gasteiger partial charge in [0.2, 0.25) is 11.8 Å². The number of hydrogen-bond donors (Lipinski definition) is 0. The molecular formula is C22H31N3O3. The minimum absolute atomic E-state index is 0.0441. The van der Waals surface area contributed by atoms with E-state index in [-0.39, 0.29) is 24.3 Å². The lowest BCUT2D eigenvalue weighted by Gasteiger charge is -2.29. The second-order valence-corrected chi connectivity index (χ2v) is 7.68. The highest BCUT2D eigenvalue weighted by molar-refractivity contribution is 5.86. The SMILES string of the molecule is CCCN(CC(=O)N(Cc1ccco1)Cc1cccn1C)C(=O)C1CCCC1. The van der Waals surface area contributed by atoms with Gasteiger partial charge in [0.1, 0.15) is 5.76 Å². The van der Waals surface area contributed by atoms with Gasteiger partial charge >= 0.3 is 0 Å². The first-order valence-electron chi connectivity index (χ1n) is 10.3. The molecule has 0 radical (unpaired) electrons. The molecule has 152 valence electrons. The van der Waals surface area contributed by atoms with Gasteiger partial charge in [0.05, 0.1) is 25.9 Å². The van der Waals surface area contributed by atoms with E-state index in [9.17, 15) is 9.59 Å². The first kappa shape index (κ1) is 20.2. The highest BCUT2D eigenvalue weighted by atomic mass is 16.3. The van der Waals surface area contributed by atoms with E-state index < -0.39 is 0 Å². The third-order valence-corrected chi connectivity index (χ3v) is 5.52. The molecule has 2 amide bonds. The van der Waals surface area contributed by atoms with Gasteiger partial charge in [0.15, 0.2) is 0 Å². The van der Waals surface area contributed by atoms with E-state index in [2.05, 4.69) is 0 Å². The molecule has 2 heterocycles. The number of nitrogens with zero attached hydrogens (tertiary/aromatic N) is 3. The fourth-order valence-corrected chi connectivity index (χ4v) is 3.91. The van der Waals surface area contributed by atoms with Gasteiger partial charge in [0, 0.05) is 31.4 Å². The van der Waals surface area contributed by atoms with Crippen LogP contribution in [-0.2, 0) is 29.7 Å². The topological polar surface area (TPSA) is 58.7 Å². The lowest BCUT2D eigenvalue weighted by molar-refractivity contribution is -0.143. The molecule has 0 aliphatic heterocycles. The predicted molar refractivity (Wildman–Crippen MR) is 107 cm³/mol. The van der Waals surface area contributed by atoms with E-state index in [0.29, 0.717) is 19.6 Å². The predicted octanol–water partition coefficient (Wildman–Crippen LogP) is 3.58. The van der Waals surface area contributed by atoms with Crippen LogP contribution in [0.15, 0.2) is 41.1 Å². The third kappa shape index (κ3) is 5.06. The Morgan fingerprint density at radius 1 is 1.14 bits per heavy atom. The smallest absolute Gasteiger partial charge is 0.242 e. The van der Waals surface area contributed by atoms with Gasteiger partial charge in [-0.15, -0.1) is 0 Å². The van der Waals surface area contributed by atoms with Crippen LogP contribution in [0, 0.1) is 5.92 Å². The van der Waals surface area contributed by atoms with Crippen molar-refractivity contribution in [1.29, 1.82) is 0 Å². The van der Waals surface area contributed by atoms with E-state index in [1.54, 1.807) is 16.1 Å². The molecular weight excluding hydrogens is 354 g/mol. The monoisotopic (exact) mass is 385 g/mol. The minimum atomic E-state index is -0.0441. The highest BCUT2D eigenvalue weighted by Crippen LogP contribution is 2.26. The van der Waals surface area contributed by atoms with Crippen molar-refractivity contribution in [3.05, 3.63) is 48.2 Å². The Morgan fingerprint density at radius 2 is 1.93 bits per heavy atom. The number of amides is 2. The number of carbonyl (C=O) groups is 2. The molecule has 3 rings (SSSR count). The van der Waals surface area contributed by atoms with Gasteiger partial charge in [-0.3, -0.25) is 9.59 Å². The second kappa shape index (κ2) is 9.62. The number of hydrogen-bond acceptors (Lipinski definition) is 3. The Labute approximate surface area is 167 Å². The number of carbonyl (C=O) groups excluding carboxylic acids is 2. The maximum absolute atomic E-state index is 13.2. The van der Waals surface area contributed by atoms with Crippen LogP contribution >= 0.6 is 0 Å². The van der Waals surface area contributed by atoms with Gasteiger partial charge < -0.3 is 18.8 Å². The Kier molecular flexibility index (Phi) is 6.95. The molecule has 6 nitrogen and oxygen atoms in total. The quantitative estimate of drug-likeness (QED) is 0.663. The molecule has 2 aromatic rings. The molecule has 0 N–H and O–H groups in total. The average molecular weight is 386 g/mol. The van der Waals surface area contributed by atoms with Crippen LogP contribution in [0.2, 0.25) is 0 Å². The third-order valence-electron chi connectivity index (χ3n) is 5.52. The molecule has 0 saturated heterocycles. The Hall–Kier alpha value is -2.50. The van der Waals surface area contributed by atoms with Crippen molar-refractivity contribution in [1.82, 2.24) is 14.4 Å². The Morgan fingerprint density at radius 3 is 2.54 bits per heavy atom. The molecule has 0 bridgehead atoms. The molecule has 2 aromatic heterocycles. The van der Waals surface area contributed by atoms with E-state index in [1.807, 2.05) is 49.0 Å². The summed E-state index contributed by atoms with van der Waals surface area (Å²) >= 11 is 0. The zero-order valence-electron chi connectivity index (χ0n) is 17.0. The summed E-state index contributed by atoms with van der Waals surface area (Å²) in [4.78, 5) is 29.6. The Balaban J connectivity index is 1.72. The van der Waals surface area contributed by atoms with Gasteiger partial charge in [-0.05, 0) is 43.5 Å². The number of furan rings is 1. The van der Waals surface area contributed by atoms with Crippen molar-refractivity contribution >= 4 is 11.8 Å². The zero-order valence-corrected chi connectivity index (χ0v) is 17.0. The van der Waals surface area contributed by atoms with Crippen LogP contribution < -0.4 is 0 Å². The lowest BCUT2D eigenvalue weighted by Crippen LogP contribution is -2.44. The van der Waals surface area contributed by atoms with Crippen LogP contribution in [0.1, 0.15) is 50.5 Å². The first-order valence-corrected chi connectivity index (χ1v) is 10.3. The van der Waals surface area contributed by atoms with Crippen molar-refractivity contribution < 1.29 is 14.0 Å². The fourth-order valence-electron chi connectivity index (χ4n) is 3.91. The maximum Gasteiger partial charge on any atom is 0.242 e. The zero-order chi connectivity index (χ0) is 19.9. The van der Waals surface area contributed by atoms with Gasteiger partial charge in [0.25, 0.3) is 0 Å². The van der Waals surface area contributed by atoms with Crippen LogP contribution in [0.25, 0.3) is 0 Å². The molecule has 6 heteroatoms. The summed E-state index contributed by atoms with van der Waals surface area (Å²) in [5.74, 6) is 0.930. The fraction of sp³-hybridized carbons (Fsp3) is 0.545. The molecule has 1 aliphatic carbocycles.